The van der Waals surface area contributed by atoms with Gasteiger partial charge >= 0.3 is 0 Å². The van der Waals surface area contributed by atoms with Crippen molar-refractivity contribution in [3.05, 3.63) is 42.4 Å². The van der Waals surface area contributed by atoms with Crippen LogP contribution in [0.3, 0.4) is 0 Å². The number of carbonyl (C=O) groups excluding carboxylic acids is 1. The summed E-state index contributed by atoms with van der Waals surface area (Å²) < 4.78 is 29.8. The van der Waals surface area contributed by atoms with E-state index < -0.39 is 21.5 Å². The third-order valence-electron chi connectivity index (χ3n) is 4.02. The van der Waals surface area contributed by atoms with Crippen LogP contribution in [0, 0.1) is 5.92 Å². The van der Waals surface area contributed by atoms with Gasteiger partial charge < -0.3 is 9.73 Å². The lowest BCUT2D eigenvalue weighted by atomic mass is 10.2. The summed E-state index contributed by atoms with van der Waals surface area (Å²) >= 11 is 0. The van der Waals surface area contributed by atoms with Crippen molar-refractivity contribution in [3.8, 4) is 11.3 Å². The number of nitrogens with zero attached hydrogens (tertiary/aromatic N) is 1. The van der Waals surface area contributed by atoms with Crippen molar-refractivity contribution in [1.82, 2.24) is 10.3 Å². The number of benzene rings is 1. The highest BCUT2D eigenvalue weighted by molar-refractivity contribution is 7.91. The van der Waals surface area contributed by atoms with Crippen LogP contribution in [0.2, 0.25) is 0 Å². The maximum absolute atomic E-state index is 12.2. The second-order valence-electron chi connectivity index (χ2n) is 6.21. The molecule has 1 aromatic carbocycles. The molecule has 0 bridgehead atoms. The second kappa shape index (κ2) is 6.76. The molecule has 2 aromatic rings. The van der Waals surface area contributed by atoms with Crippen LogP contribution in [-0.2, 0) is 20.4 Å². The van der Waals surface area contributed by atoms with Crippen molar-refractivity contribution in [2.24, 2.45) is 5.92 Å². The lowest BCUT2D eigenvalue weighted by Gasteiger charge is -2.12. The first-order chi connectivity index (χ1) is 11.4. The minimum atomic E-state index is -3.62. The van der Waals surface area contributed by atoms with Crippen molar-refractivity contribution >= 4 is 15.7 Å². The van der Waals surface area contributed by atoms with Gasteiger partial charge in [-0.15, -0.1) is 0 Å². The average Bonchev–Trinajstić information content (AvgIpc) is 3.28. The number of oxazole rings is 1. The number of carbonyl (C=O) groups is 1. The average molecular weight is 348 g/mol. The summed E-state index contributed by atoms with van der Waals surface area (Å²) in [6.07, 6.45) is 3.68. The third kappa shape index (κ3) is 4.44. The monoisotopic (exact) mass is 348 g/mol. The summed E-state index contributed by atoms with van der Waals surface area (Å²) in [6.45, 7) is 1.91. The van der Waals surface area contributed by atoms with Crippen LogP contribution in [0.4, 0.5) is 0 Å². The van der Waals surface area contributed by atoms with E-state index in [2.05, 4.69) is 10.3 Å². The largest absolute Gasteiger partial charge is 0.440 e. The lowest BCUT2D eigenvalue weighted by Crippen LogP contribution is -2.38. The molecule has 1 saturated carbocycles. The second-order valence-corrected chi connectivity index (χ2v) is 8.27. The number of aromatic nitrogens is 1. The highest BCUT2D eigenvalue weighted by atomic mass is 32.2. The number of amides is 1. The van der Waals surface area contributed by atoms with Gasteiger partial charge in [-0.05, 0) is 25.7 Å². The number of hydrogen-bond acceptors (Lipinski definition) is 5. The summed E-state index contributed by atoms with van der Waals surface area (Å²) in [7, 11) is -3.62. The Labute approximate surface area is 141 Å². The van der Waals surface area contributed by atoms with Crippen LogP contribution in [0.25, 0.3) is 11.3 Å². The van der Waals surface area contributed by atoms with Crippen LogP contribution in [0.5, 0.6) is 0 Å². The highest BCUT2D eigenvalue weighted by Gasteiger charge is 2.30. The molecule has 0 unspecified atom stereocenters. The SMILES string of the molecule is C[C@H](NC(=O)CS(=O)(=O)Cc1ncc(-c2ccccc2)o1)C1CC1. The molecule has 7 heteroatoms. The van der Waals surface area contributed by atoms with E-state index >= 15 is 0 Å². The zero-order valence-electron chi connectivity index (χ0n) is 13.4. The van der Waals surface area contributed by atoms with E-state index in [1.54, 1.807) is 0 Å². The van der Waals surface area contributed by atoms with Gasteiger partial charge in [0.05, 0.1) is 6.20 Å². The van der Waals surface area contributed by atoms with Crippen LogP contribution in [0.15, 0.2) is 40.9 Å². The van der Waals surface area contributed by atoms with Gasteiger partial charge in [0, 0.05) is 11.6 Å². The quantitative estimate of drug-likeness (QED) is 0.828. The molecule has 0 radical (unpaired) electrons. The molecule has 1 heterocycles. The number of sulfone groups is 1. The summed E-state index contributed by atoms with van der Waals surface area (Å²) in [5, 5.41) is 2.75. The van der Waals surface area contributed by atoms with Gasteiger partial charge in [-0.1, -0.05) is 30.3 Å². The summed E-state index contributed by atoms with van der Waals surface area (Å²) in [5.74, 6) is -0.316. The molecule has 0 spiro atoms. The topological polar surface area (TPSA) is 89.3 Å². The number of rotatable bonds is 7. The van der Waals surface area contributed by atoms with Crippen molar-refractivity contribution in [1.29, 1.82) is 0 Å². The molecule has 3 rings (SSSR count). The van der Waals surface area contributed by atoms with Gasteiger partial charge in [-0.25, -0.2) is 13.4 Å². The van der Waals surface area contributed by atoms with Crippen LogP contribution in [-0.4, -0.2) is 31.1 Å². The Kier molecular flexibility index (Phi) is 4.71. The molecule has 0 aliphatic heterocycles. The molecule has 1 amide bonds. The van der Waals surface area contributed by atoms with E-state index in [0.717, 1.165) is 18.4 Å². The summed E-state index contributed by atoms with van der Waals surface area (Å²) in [6, 6.07) is 9.34. The molecule has 1 aliphatic carbocycles. The maximum atomic E-state index is 12.2. The number of nitrogens with one attached hydrogen (secondary N) is 1. The molecular weight excluding hydrogens is 328 g/mol. The minimum Gasteiger partial charge on any atom is -0.440 e. The highest BCUT2D eigenvalue weighted by Crippen LogP contribution is 2.32. The molecule has 1 atom stereocenters. The summed E-state index contributed by atoms with van der Waals surface area (Å²) in [4.78, 5) is 15.9. The first-order valence-electron chi connectivity index (χ1n) is 7.93. The normalized spacial score (nSPS) is 15.9. The van der Waals surface area contributed by atoms with E-state index in [4.69, 9.17) is 4.42 Å². The van der Waals surface area contributed by atoms with E-state index in [-0.39, 0.29) is 17.7 Å². The van der Waals surface area contributed by atoms with Gasteiger partial charge in [0.25, 0.3) is 0 Å². The standard InChI is InChI=1S/C17H20N2O4S/c1-12(13-7-8-13)19-16(20)10-24(21,22)11-17-18-9-15(23-17)14-5-3-2-4-6-14/h2-6,9,12-13H,7-8,10-11H2,1H3,(H,19,20)/t12-/m0/s1. The Hall–Kier alpha value is -2.15. The molecule has 1 aromatic heterocycles. The van der Waals surface area contributed by atoms with Gasteiger partial charge in [0.15, 0.2) is 15.6 Å². The Bertz CT molecular complexity index is 810. The number of hydrogen-bond donors (Lipinski definition) is 1. The molecule has 6 nitrogen and oxygen atoms in total. The molecule has 128 valence electrons. The predicted octanol–water partition coefficient (Wildman–Crippen LogP) is 2.17. The molecule has 1 aliphatic rings. The molecule has 24 heavy (non-hydrogen) atoms. The van der Waals surface area contributed by atoms with Gasteiger partial charge in [-0.3, -0.25) is 4.79 Å². The van der Waals surface area contributed by atoms with Crippen molar-refractivity contribution < 1.29 is 17.6 Å². The Balaban J connectivity index is 1.60. The van der Waals surface area contributed by atoms with E-state index in [1.807, 2.05) is 37.3 Å². The van der Waals surface area contributed by atoms with Crippen LogP contribution >= 0.6 is 0 Å². The van der Waals surface area contributed by atoms with E-state index in [9.17, 15) is 13.2 Å². The van der Waals surface area contributed by atoms with Gasteiger partial charge in [0.1, 0.15) is 11.5 Å². The minimum absolute atomic E-state index is 0.0270. The Morgan fingerprint density at radius 2 is 2.04 bits per heavy atom. The van der Waals surface area contributed by atoms with Crippen LogP contribution < -0.4 is 5.32 Å². The van der Waals surface area contributed by atoms with Gasteiger partial charge in [0.2, 0.25) is 11.8 Å². The fraction of sp³-hybridized carbons (Fsp3) is 0.412. The van der Waals surface area contributed by atoms with Crippen LogP contribution in [0.1, 0.15) is 25.7 Å². The smallest absolute Gasteiger partial charge is 0.235 e. The lowest BCUT2D eigenvalue weighted by molar-refractivity contribution is -0.119. The van der Waals surface area contributed by atoms with E-state index in [0.29, 0.717) is 11.7 Å². The molecule has 1 N–H and O–H groups in total. The zero-order chi connectivity index (χ0) is 17.2. The van der Waals surface area contributed by atoms with Gasteiger partial charge in [-0.2, -0.15) is 0 Å². The first kappa shape index (κ1) is 16.7. The van der Waals surface area contributed by atoms with Crippen molar-refractivity contribution in [2.45, 2.75) is 31.6 Å². The Morgan fingerprint density at radius 1 is 1.33 bits per heavy atom. The first-order valence-corrected chi connectivity index (χ1v) is 9.75. The molecule has 1 fully saturated rings. The van der Waals surface area contributed by atoms with Crippen molar-refractivity contribution in [3.63, 3.8) is 0 Å². The Morgan fingerprint density at radius 3 is 2.71 bits per heavy atom. The van der Waals surface area contributed by atoms with Crippen molar-refractivity contribution in [2.75, 3.05) is 5.75 Å². The fourth-order valence-electron chi connectivity index (χ4n) is 2.56. The predicted molar refractivity (Wildman–Crippen MR) is 89.8 cm³/mol. The molecular formula is C17H20N2O4S. The molecule has 0 saturated heterocycles. The third-order valence-corrected chi connectivity index (χ3v) is 5.41. The van der Waals surface area contributed by atoms with E-state index in [1.165, 1.54) is 6.20 Å². The fourth-order valence-corrected chi connectivity index (χ4v) is 3.66. The summed E-state index contributed by atoms with van der Waals surface area (Å²) in [5.41, 5.74) is 0.824. The maximum Gasteiger partial charge on any atom is 0.235 e. The zero-order valence-corrected chi connectivity index (χ0v) is 14.3.